The van der Waals surface area contributed by atoms with E-state index in [1.165, 1.54) is 0 Å². The van der Waals surface area contributed by atoms with Gasteiger partial charge >= 0.3 is 0 Å². The van der Waals surface area contributed by atoms with Crippen LogP contribution in [0.1, 0.15) is 19.3 Å². The lowest BCUT2D eigenvalue weighted by Crippen LogP contribution is -2.15. The molecule has 0 bridgehead atoms. The monoisotopic (exact) mass is 298 g/mol. The van der Waals surface area contributed by atoms with E-state index in [0.717, 1.165) is 29.5 Å². The molecule has 0 spiro atoms. The zero-order valence-corrected chi connectivity index (χ0v) is 11.1. The number of nitriles is 1. The molecular formula is C12H12BrClN2. The lowest BCUT2D eigenvalue weighted by atomic mass is 10.0. The highest BCUT2D eigenvalue weighted by molar-refractivity contribution is 9.10. The van der Waals surface area contributed by atoms with Crippen molar-refractivity contribution in [3.8, 4) is 6.07 Å². The summed E-state index contributed by atoms with van der Waals surface area (Å²) in [6.45, 7) is 0.847. The standard InChI is InChI=1S/C12H12BrClN2/c13-11-9(14)2-1-3-10(11)16-8-12(4-5-12)6-7-15/h1-3,16H,4-6,8H2. The maximum Gasteiger partial charge on any atom is 0.0628 e. The second-order valence-electron chi connectivity index (χ2n) is 4.29. The fourth-order valence-corrected chi connectivity index (χ4v) is 2.26. The molecule has 84 valence electrons. The Bertz CT molecular complexity index is 435. The van der Waals surface area contributed by atoms with Gasteiger partial charge in [-0.2, -0.15) is 5.26 Å². The molecule has 0 aliphatic heterocycles. The van der Waals surface area contributed by atoms with Crippen molar-refractivity contribution >= 4 is 33.2 Å². The average molecular weight is 300 g/mol. The molecule has 0 heterocycles. The van der Waals surface area contributed by atoms with E-state index in [1.54, 1.807) is 0 Å². The first-order chi connectivity index (χ1) is 7.67. The van der Waals surface area contributed by atoms with E-state index in [1.807, 2.05) is 18.2 Å². The third-order valence-electron chi connectivity index (χ3n) is 3.02. The zero-order chi connectivity index (χ0) is 11.6. The smallest absolute Gasteiger partial charge is 0.0628 e. The van der Waals surface area contributed by atoms with Crippen molar-refractivity contribution in [3.63, 3.8) is 0 Å². The number of rotatable bonds is 4. The van der Waals surface area contributed by atoms with Gasteiger partial charge in [0.05, 0.1) is 15.6 Å². The van der Waals surface area contributed by atoms with Crippen LogP contribution in [0.3, 0.4) is 0 Å². The molecule has 1 saturated carbocycles. The third-order valence-corrected chi connectivity index (χ3v) is 4.41. The second-order valence-corrected chi connectivity index (χ2v) is 5.49. The lowest BCUT2D eigenvalue weighted by molar-refractivity contribution is 0.557. The number of halogens is 2. The van der Waals surface area contributed by atoms with E-state index in [2.05, 4.69) is 27.3 Å². The highest BCUT2D eigenvalue weighted by Gasteiger charge is 2.42. The van der Waals surface area contributed by atoms with Gasteiger partial charge in [-0.15, -0.1) is 0 Å². The van der Waals surface area contributed by atoms with Gasteiger partial charge in [0, 0.05) is 24.1 Å². The molecule has 1 aliphatic rings. The normalized spacial score (nSPS) is 16.6. The molecule has 1 aliphatic carbocycles. The number of nitrogens with one attached hydrogen (secondary N) is 1. The molecule has 1 fully saturated rings. The summed E-state index contributed by atoms with van der Waals surface area (Å²) in [4.78, 5) is 0. The molecule has 0 aromatic heterocycles. The molecule has 1 N–H and O–H groups in total. The first-order valence-electron chi connectivity index (χ1n) is 5.22. The molecule has 0 atom stereocenters. The van der Waals surface area contributed by atoms with Crippen LogP contribution >= 0.6 is 27.5 Å². The number of nitrogens with zero attached hydrogens (tertiary/aromatic N) is 1. The molecule has 0 radical (unpaired) electrons. The van der Waals surface area contributed by atoms with Crippen LogP contribution in [0.4, 0.5) is 5.69 Å². The average Bonchev–Trinajstić information content (AvgIpc) is 3.02. The van der Waals surface area contributed by atoms with Crippen molar-refractivity contribution in [1.82, 2.24) is 0 Å². The summed E-state index contributed by atoms with van der Waals surface area (Å²) in [6, 6.07) is 8.00. The first kappa shape index (κ1) is 11.8. The molecule has 2 nitrogen and oxygen atoms in total. The van der Waals surface area contributed by atoms with E-state index in [0.29, 0.717) is 11.4 Å². The molecule has 4 heteroatoms. The minimum absolute atomic E-state index is 0.205. The van der Waals surface area contributed by atoms with E-state index in [4.69, 9.17) is 16.9 Å². The Balaban J connectivity index is 2.00. The van der Waals surface area contributed by atoms with Crippen LogP contribution in [-0.2, 0) is 0 Å². The zero-order valence-electron chi connectivity index (χ0n) is 8.76. The quantitative estimate of drug-likeness (QED) is 0.904. The van der Waals surface area contributed by atoms with E-state index in [-0.39, 0.29) is 5.41 Å². The maximum absolute atomic E-state index is 8.73. The minimum Gasteiger partial charge on any atom is -0.383 e. The van der Waals surface area contributed by atoms with Gasteiger partial charge in [-0.05, 0) is 40.9 Å². The number of hydrogen-bond donors (Lipinski definition) is 1. The first-order valence-corrected chi connectivity index (χ1v) is 6.39. The van der Waals surface area contributed by atoms with Gasteiger partial charge in [0.25, 0.3) is 0 Å². The van der Waals surface area contributed by atoms with Crippen LogP contribution in [0, 0.1) is 16.7 Å². The largest absolute Gasteiger partial charge is 0.383 e. The number of hydrogen-bond acceptors (Lipinski definition) is 2. The summed E-state index contributed by atoms with van der Waals surface area (Å²) in [7, 11) is 0. The number of anilines is 1. The fourth-order valence-electron chi connectivity index (χ4n) is 1.68. The van der Waals surface area contributed by atoms with E-state index >= 15 is 0 Å². The Morgan fingerprint density at radius 3 is 2.88 bits per heavy atom. The summed E-state index contributed by atoms with van der Waals surface area (Å²) in [5.74, 6) is 0. The van der Waals surface area contributed by atoms with Gasteiger partial charge in [-0.1, -0.05) is 17.7 Å². The Morgan fingerprint density at radius 2 is 2.25 bits per heavy atom. The Hall–Kier alpha value is -0.720. The molecule has 0 unspecified atom stereocenters. The summed E-state index contributed by atoms with van der Waals surface area (Å²) in [5.41, 5.74) is 1.20. The van der Waals surface area contributed by atoms with Crippen molar-refractivity contribution in [2.45, 2.75) is 19.3 Å². The highest BCUT2D eigenvalue weighted by Crippen LogP contribution is 2.48. The number of benzene rings is 1. The minimum atomic E-state index is 0.205. The van der Waals surface area contributed by atoms with Crippen LogP contribution in [0.15, 0.2) is 22.7 Å². The molecule has 2 rings (SSSR count). The van der Waals surface area contributed by atoms with Gasteiger partial charge in [-0.3, -0.25) is 0 Å². The summed E-state index contributed by atoms with van der Waals surface area (Å²) >= 11 is 9.45. The molecule has 16 heavy (non-hydrogen) atoms. The predicted molar refractivity (Wildman–Crippen MR) is 69.5 cm³/mol. The van der Waals surface area contributed by atoms with Gasteiger partial charge in [-0.25, -0.2) is 0 Å². The lowest BCUT2D eigenvalue weighted by Gasteiger charge is -2.14. The van der Waals surface area contributed by atoms with Gasteiger partial charge < -0.3 is 5.32 Å². The van der Waals surface area contributed by atoms with Crippen molar-refractivity contribution in [3.05, 3.63) is 27.7 Å². The van der Waals surface area contributed by atoms with E-state index in [9.17, 15) is 0 Å². The molecular weight excluding hydrogens is 288 g/mol. The van der Waals surface area contributed by atoms with Crippen LogP contribution in [0.2, 0.25) is 5.02 Å². The Kier molecular flexibility index (Phi) is 3.41. The Labute approximate surface area is 109 Å². The Morgan fingerprint density at radius 1 is 1.50 bits per heavy atom. The topological polar surface area (TPSA) is 35.8 Å². The van der Waals surface area contributed by atoms with Gasteiger partial charge in [0.2, 0.25) is 0 Å². The van der Waals surface area contributed by atoms with E-state index < -0.39 is 0 Å². The van der Waals surface area contributed by atoms with Crippen LogP contribution in [-0.4, -0.2) is 6.54 Å². The SMILES string of the molecule is N#CCC1(CNc2cccc(Cl)c2Br)CC1. The summed E-state index contributed by atoms with van der Waals surface area (Å²) < 4.78 is 0.893. The third kappa shape index (κ3) is 2.50. The van der Waals surface area contributed by atoms with Crippen LogP contribution in [0.25, 0.3) is 0 Å². The molecule has 0 amide bonds. The predicted octanol–water partition coefficient (Wildman–Crippen LogP) is 4.21. The molecule has 1 aromatic carbocycles. The van der Waals surface area contributed by atoms with Crippen molar-refractivity contribution in [2.24, 2.45) is 5.41 Å². The summed E-state index contributed by atoms with van der Waals surface area (Å²) in [5, 5.41) is 12.8. The molecule has 1 aromatic rings. The van der Waals surface area contributed by atoms with Crippen molar-refractivity contribution in [1.29, 1.82) is 5.26 Å². The maximum atomic E-state index is 8.73. The van der Waals surface area contributed by atoms with Crippen molar-refractivity contribution in [2.75, 3.05) is 11.9 Å². The fraction of sp³-hybridized carbons (Fsp3) is 0.417. The van der Waals surface area contributed by atoms with Crippen LogP contribution < -0.4 is 5.32 Å². The van der Waals surface area contributed by atoms with Gasteiger partial charge in [0.15, 0.2) is 0 Å². The highest BCUT2D eigenvalue weighted by atomic mass is 79.9. The van der Waals surface area contributed by atoms with Gasteiger partial charge in [0.1, 0.15) is 0 Å². The summed E-state index contributed by atoms with van der Waals surface area (Å²) in [6.07, 6.45) is 2.93. The van der Waals surface area contributed by atoms with Crippen molar-refractivity contribution < 1.29 is 0 Å². The molecule has 0 saturated heterocycles. The van der Waals surface area contributed by atoms with Crippen LogP contribution in [0.5, 0.6) is 0 Å². The second kappa shape index (κ2) is 4.65.